The molecule has 0 aliphatic heterocycles. The molecular weight excluding hydrogens is 169 g/mol. The number of nitrogens with two attached hydrogens (primary N) is 1. The van der Waals surface area contributed by atoms with E-state index in [1.54, 1.807) is 6.07 Å². The van der Waals surface area contributed by atoms with Crippen LogP contribution in [0.15, 0.2) is 18.2 Å². The zero-order chi connectivity index (χ0) is 9.68. The van der Waals surface area contributed by atoms with E-state index in [2.05, 4.69) is 4.84 Å². The number of aryl methyl sites for hydroxylation is 1. The van der Waals surface area contributed by atoms with E-state index in [1.165, 1.54) is 6.07 Å². The summed E-state index contributed by atoms with van der Waals surface area (Å²) in [7, 11) is 0. The second kappa shape index (κ2) is 4.94. The maximum absolute atomic E-state index is 13.0. The second-order valence-corrected chi connectivity index (χ2v) is 2.90. The van der Waals surface area contributed by atoms with E-state index < -0.39 is 0 Å². The molecule has 1 rings (SSSR count). The van der Waals surface area contributed by atoms with Crippen LogP contribution in [0.4, 0.5) is 4.39 Å². The standard InChI is InChI=1S/C10H14FNO/c1-2-9-7-8(5-6-13-12)3-4-10(9)11/h3-4,7H,2,5-6,12H2,1H3. The Hall–Kier alpha value is -0.930. The Morgan fingerprint density at radius 3 is 2.85 bits per heavy atom. The lowest BCUT2D eigenvalue weighted by molar-refractivity contribution is 0.141. The molecule has 0 spiro atoms. The van der Waals surface area contributed by atoms with Gasteiger partial charge >= 0.3 is 0 Å². The Morgan fingerprint density at radius 2 is 2.23 bits per heavy atom. The first-order valence-corrected chi connectivity index (χ1v) is 4.37. The molecule has 0 radical (unpaired) electrons. The Labute approximate surface area is 77.5 Å². The van der Waals surface area contributed by atoms with Crippen molar-refractivity contribution in [2.45, 2.75) is 19.8 Å². The minimum atomic E-state index is -0.139. The third-order valence-electron chi connectivity index (χ3n) is 2.00. The van der Waals surface area contributed by atoms with Gasteiger partial charge in [0.15, 0.2) is 0 Å². The van der Waals surface area contributed by atoms with Gasteiger partial charge in [0.05, 0.1) is 6.61 Å². The summed E-state index contributed by atoms with van der Waals surface area (Å²) in [5.41, 5.74) is 1.80. The molecule has 0 amide bonds. The van der Waals surface area contributed by atoms with Crippen molar-refractivity contribution < 1.29 is 9.23 Å². The Morgan fingerprint density at radius 1 is 1.46 bits per heavy atom. The van der Waals surface area contributed by atoms with Crippen LogP contribution in [-0.4, -0.2) is 6.61 Å². The SMILES string of the molecule is CCc1cc(CCON)ccc1F. The van der Waals surface area contributed by atoms with Crippen molar-refractivity contribution in [1.82, 2.24) is 0 Å². The van der Waals surface area contributed by atoms with Crippen molar-refractivity contribution in [1.29, 1.82) is 0 Å². The molecule has 2 nitrogen and oxygen atoms in total. The fraction of sp³-hybridized carbons (Fsp3) is 0.400. The van der Waals surface area contributed by atoms with E-state index in [0.717, 1.165) is 17.5 Å². The molecule has 0 saturated heterocycles. The average molecular weight is 183 g/mol. The van der Waals surface area contributed by atoms with Gasteiger partial charge in [-0.1, -0.05) is 19.1 Å². The summed E-state index contributed by atoms with van der Waals surface area (Å²) < 4.78 is 13.0. The molecule has 3 heteroatoms. The fourth-order valence-electron chi connectivity index (χ4n) is 1.23. The van der Waals surface area contributed by atoms with Gasteiger partial charge in [0.1, 0.15) is 5.82 Å². The average Bonchev–Trinajstić information content (AvgIpc) is 2.16. The quantitative estimate of drug-likeness (QED) is 0.723. The minimum Gasteiger partial charge on any atom is -0.304 e. The van der Waals surface area contributed by atoms with E-state index in [-0.39, 0.29) is 5.82 Å². The second-order valence-electron chi connectivity index (χ2n) is 2.90. The Bertz CT molecular complexity index is 276. The number of hydrogen-bond donors (Lipinski definition) is 1. The highest BCUT2D eigenvalue weighted by Crippen LogP contribution is 2.11. The summed E-state index contributed by atoms with van der Waals surface area (Å²) in [5, 5.41) is 0. The molecule has 13 heavy (non-hydrogen) atoms. The molecule has 1 aromatic rings. The van der Waals surface area contributed by atoms with Gasteiger partial charge in [-0.25, -0.2) is 10.3 Å². The molecule has 0 aliphatic carbocycles. The molecule has 0 fully saturated rings. The van der Waals surface area contributed by atoms with Gasteiger partial charge in [-0.2, -0.15) is 0 Å². The third kappa shape index (κ3) is 2.79. The Balaban J connectivity index is 2.74. The maximum atomic E-state index is 13.0. The van der Waals surface area contributed by atoms with Crippen LogP contribution in [-0.2, 0) is 17.7 Å². The lowest BCUT2D eigenvalue weighted by Crippen LogP contribution is -2.04. The lowest BCUT2D eigenvalue weighted by atomic mass is 10.1. The van der Waals surface area contributed by atoms with Gasteiger partial charge in [0.25, 0.3) is 0 Å². The van der Waals surface area contributed by atoms with Crippen molar-refractivity contribution in [3.8, 4) is 0 Å². The van der Waals surface area contributed by atoms with E-state index in [0.29, 0.717) is 13.0 Å². The van der Waals surface area contributed by atoms with Crippen molar-refractivity contribution >= 4 is 0 Å². The van der Waals surface area contributed by atoms with E-state index in [1.807, 2.05) is 13.0 Å². The molecule has 0 bridgehead atoms. The van der Waals surface area contributed by atoms with E-state index in [9.17, 15) is 4.39 Å². The smallest absolute Gasteiger partial charge is 0.126 e. The number of halogens is 1. The van der Waals surface area contributed by atoms with Crippen molar-refractivity contribution in [2.24, 2.45) is 5.90 Å². The van der Waals surface area contributed by atoms with Crippen LogP contribution < -0.4 is 5.90 Å². The molecule has 0 saturated carbocycles. The van der Waals surface area contributed by atoms with Gasteiger partial charge in [-0.05, 0) is 30.0 Å². The van der Waals surface area contributed by atoms with Gasteiger partial charge < -0.3 is 4.84 Å². The van der Waals surface area contributed by atoms with E-state index in [4.69, 9.17) is 5.90 Å². The predicted octanol–water partition coefficient (Wildman–Crippen LogP) is 1.82. The number of hydrogen-bond acceptors (Lipinski definition) is 2. The van der Waals surface area contributed by atoms with Gasteiger partial charge in [0.2, 0.25) is 0 Å². The zero-order valence-corrected chi connectivity index (χ0v) is 7.72. The monoisotopic (exact) mass is 183 g/mol. The molecule has 1 aromatic carbocycles. The van der Waals surface area contributed by atoms with Crippen LogP contribution in [0.2, 0.25) is 0 Å². The van der Waals surface area contributed by atoms with Crippen LogP contribution in [0.5, 0.6) is 0 Å². The lowest BCUT2D eigenvalue weighted by Gasteiger charge is -2.03. The number of benzene rings is 1. The van der Waals surface area contributed by atoms with Crippen molar-refractivity contribution in [3.05, 3.63) is 35.1 Å². The normalized spacial score (nSPS) is 10.4. The zero-order valence-electron chi connectivity index (χ0n) is 7.72. The molecule has 0 aromatic heterocycles. The summed E-state index contributed by atoms with van der Waals surface area (Å²) in [4.78, 5) is 4.46. The predicted molar refractivity (Wildman–Crippen MR) is 49.6 cm³/mol. The largest absolute Gasteiger partial charge is 0.304 e. The third-order valence-corrected chi connectivity index (χ3v) is 2.00. The molecule has 0 unspecified atom stereocenters. The highest BCUT2D eigenvalue weighted by molar-refractivity contribution is 5.25. The molecule has 0 atom stereocenters. The van der Waals surface area contributed by atoms with Crippen LogP contribution in [0, 0.1) is 5.82 Å². The minimum absolute atomic E-state index is 0.139. The highest BCUT2D eigenvalue weighted by atomic mass is 19.1. The summed E-state index contributed by atoms with van der Waals surface area (Å²) in [6, 6.07) is 5.10. The maximum Gasteiger partial charge on any atom is 0.126 e. The van der Waals surface area contributed by atoms with Crippen molar-refractivity contribution in [3.63, 3.8) is 0 Å². The molecular formula is C10H14FNO. The Kier molecular flexibility index (Phi) is 3.86. The molecule has 0 aliphatic rings. The van der Waals surface area contributed by atoms with Crippen LogP contribution in [0.25, 0.3) is 0 Å². The number of rotatable bonds is 4. The van der Waals surface area contributed by atoms with Crippen LogP contribution in [0.1, 0.15) is 18.1 Å². The molecule has 72 valence electrons. The topological polar surface area (TPSA) is 35.2 Å². The van der Waals surface area contributed by atoms with Gasteiger partial charge in [0, 0.05) is 0 Å². The highest BCUT2D eigenvalue weighted by Gasteiger charge is 2.01. The van der Waals surface area contributed by atoms with Crippen molar-refractivity contribution in [2.75, 3.05) is 6.61 Å². The first-order valence-electron chi connectivity index (χ1n) is 4.37. The van der Waals surface area contributed by atoms with E-state index >= 15 is 0 Å². The molecule has 0 heterocycles. The summed E-state index contributed by atoms with van der Waals surface area (Å²) in [6.45, 7) is 2.40. The summed E-state index contributed by atoms with van der Waals surface area (Å²) in [5.74, 6) is 4.76. The summed E-state index contributed by atoms with van der Waals surface area (Å²) >= 11 is 0. The van der Waals surface area contributed by atoms with Gasteiger partial charge in [-0.15, -0.1) is 0 Å². The van der Waals surface area contributed by atoms with Crippen LogP contribution in [0.3, 0.4) is 0 Å². The van der Waals surface area contributed by atoms with Gasteiger partial charge in [-0.3, -0.25) is 0 Å². The first-order chi connectivity index (χ1) is 6.27. The fourth-order valence-corrected chi connectivity index (χ4v) is 1.23. The first kappa shape index (κ1) is 10.2. The van der Waals surface area contributed by atoms with Crippen LogP contribution >= 0.6 is 0 Å². The molecule has 2 N–H and O–H groups in total. The summed E-state index contributed by atoms with van der Waals surface area (Å²) in [6.07, 6.45) is 1.44.